The van der Waals surface area contributed by atoms with Crippen molar-refractivity contribution in [3.05, 3.63) is 29.8 Å². The van der Waals surface area contributed by atoms with Crippen molar-refractivity contribution >= 4 is 5.69 Å². The lowest BCUT2D eigenvalue weighted by Crippen LogP contribution is -2.18. The molecule has 1 aliphatic rings. The lowest BCUT2D eigenvalue weighted by atomic mass is 10.0. The van der Waals surface area contributed by atoms with Gasteiger partial charge in [-0.05, 0) is 55.7 Å². The summed E-state index contributed by atoms with van der Waals surface area (Å²) in [6.07, 6.45) is 8.49. The zero-order chi connectivity index (χ0) is 13.5. The molecule has 2 rings (SSSR count). The monoisotopic (exact) mass is 261 g/mol. The van der Waals surface area contributed by atoms with Gasteiger partial charge in [0.25, 0.3) is 0 Å². The number of anilines is 1. The molecule has 19 heavy (non-hydrogen) atoms. The van der Waals surface area contributed by atoms with Crippen LogP contribution in [0.5, 0.6) is 0 Å². The molecule has 2 atom stereocenters. The van der Waals surface area contributed by atoms with E-state index in [-0.39, 0.29) is 6.61 Å². The number of hydrogen-bond donors (Lipinski definition) is 2. The van der Waals surface area contributed by atoms with Crippen LogP contribution in [0.3, 0.4) is 0 Å². The first-order valence-corrected chi connectivity index (χ1v) is 7.74. The molecule has 1 aromatic rings. The molecule has 0 radical (unpaired) electrons. The van der Waals surface area contributed by atoms with E-state index in [9.17, 15) is 0 Å². The first-order chi connectivity index (χ1) is 9.28. The Morgan fingerprint density at radius 3 is 2.95 bits per heavy atom. The largest absolute Gasteiger partial charge is 0.396 e. The fourth-order valence-electron chi connectivity index (χ4n) is 2.97. The van der Waals surface area contributed by atoms with Crippen molar-refractivity contribution in [1.82, 2.24) is 0 Å². The van der Waals surface area contributed by atoms with Crippen LogP contribution in [0.25, 0.3) is 0 Å². The molecular formula is C17H27NO. The van der Waals surface area contributed by atoms with E-state index in [1.165, 1.54) is 43.4 Å². The second-order valence-corrected chi connectivity index (χ2v) is 5.98. The summed E-state index contributed by atoms with van der Waals surface area (Å²) in [5.41, 5.74) is 2.57. The number of benzene rings is 1. The van der Waals surface area contributed by atoms with Gasteiger partial charge in [0.1, 0.15) is 0 Å². The van der Waals surface area contributed by atoms with E-state index in [1.54, 1.807) is 0 Å². The van der Waals surface area contributed by atoms with Crippen LogP contribution in [0.1, 0.15) is 51.0 Å². The average Bonchev–Trinajstić information content (AvgIpc) is 2.62. The van der Waals surface area contributed by atoms with Gasteiger partial charge < -0.3 is 10.4 Å². The maximum absolute atomic E-state index is 8.90. The van der Waals surface area contributed by atoms with Crippen molar-refractivity contribution in [2.75, 3.05) is 11.9 Å². The standard InChI is InChI=1S/C17H27NO/c1-14-5-2-8-16(11-10-14)18-17-9-3-6-15(13-17)7-4-12-19/h3,6,9,13-14,16,18-19H,2,4-5,7-8,10-12H2,1H3. The van der Waals surface area contributed by atoms with Gasteiger partial charge in [0, 0.05) is 18.3 Å². The first-order valence-electron chi connectivity index (χ1n) is 7.74. The number of aliphatic hydroxyl groups excluding tert-OH is 1. The average molecular weight is 261 g/mol. The lowest BCUT2D eigenvalue weighted by Gasteiger charge is -2.18. The Morgan fingerprint density at radius 2 is 2.11 bits per heavy atom. The van der Waals surface area contributed by atoms with Gasteiger partial charge in [-0.25, -0.2) is 0 Å². The summed E-state index contributed by atoms with van der Waals surface area (Å²) in [7, 11) is 0. The van der Waals surface area contributed by atoms with E-state index in [2.05, 4.69) is 36.5 Å². The first kappa shape index (κ1) is 14.4. The Kier molecular flexibility index (Phi) is 5.71. The van der Waals surface area contributed by atoms with Crippen molar-refractivity contribution in [3.63, 3.8) is 0 Å². The van der Waals surface area contributed by atoms with Crippen LogP contribution in [-0.2, 0) is 6.42 Å². The summed E-state index contributed by atoms with van der Waals surface area (Å²) in [4.78, 5) is 0. The third-order valence-corrected chi connectivity index (χ3v) is 4.18. The van der Waals surface area contributed by atoms with E-state index < -0.39 is 0 Å². The van der Waals surface area contributed by atoms with Gasteiger partial charge in [0.05, 0.1) is 0 Å². The molecule has 1 aromatic carbocycles. The Bertz CT molecular complexity index is 377. The Labute approximate surface area is 117 Å². The fraction of sp³-hybridized carbons (Fsp3) is 0.647. The number of aliphatic hydroxyl groups is 1. The van der Waals surface area contributed by atoms with E-state index in [0.717, 1.165) is 18.8 Å². The van der Waals surface area contributed by atoms with E-state index >= 15 is 0 Å². The SMILES string of the molecule is CC1CCCC(Nc2cccc(CCCO)c2)CC1. The Balaban J connectivity index is 1.90. The molecule has 2 nitrogen and oxygen atoms in total. The molecule has 0 saturated heterocycles. The van der Waals surface area contributed by atoms with E-state index in [0.29, 0.717) is 6.04 Å². The zero-order valence-corrected chi connectivity index (χ0v) is 12.1. The second kappa shape index (κ2) is 7.54. The predicted octanol–water partition coefficient (Wildman–Crippen LogP) is 3.99. The highest BCUT2D eigenvalue weighted by atomic mass is 16.2. The van der Waals surface area contributed by atoms with Crippen LogP contribution in [0, 0.1) is 5.92 Å². The van der Waals surface area contributed by atoms with Gasteiger partial charge >= 0.3 is 0 Å². The highest BCUT2D eigenvalue weighted by Gasteiger charge is 2.15. The summed E-state index contributed by atoms with van der Waals surface area (Å²) >= 11 is 0. The van der Waals surface area contributed by atoms with Crippen molar-refractivity contribution in [2.45, 2.75) is 57.9 Å². The Morgan fingerprint density at radius 1 is 1.21 bits per heavy atom. The number of rotatable bonds is 5. The second-order valence-electron chi connectivity index (χ2n) is 5.98. The lowest BCUT2D eigenvalue weighted by molar-refractivity contribution is 0.288. The summed E-state index contributed by atoms with van der Waals surface area (Å²) in [6.45, 7) is 2.65. The summed E-state index contributed by atoms with van der Waals surface area (Å²) in [5.74, 6) is 0.891. The Hall–Kier alpha value is -1.02. The molecular weight excluding hydrogens is 234 g/mol. The van der Waals surface area contributed by atoms with Gasteiger partial charge in [-0.1, -0.05) is 31.9 Å². The van der Waals surface area contributed by atoms with Crippen molar-refractivity contribution in [2.24, 2.45) is 5.92 Å². The highest BCUT2D eigenvalue weighted by Crippen LogP contribution is 2.25. The van der Waals surface area contributed by atoms with Gasteiger partial charge in [-0.3, -0.25) is 0 Å². The van der Waals surface area contributed by atoms with Gasteiger partial charge in [-0.2, -0.15) is 0 Å². The third kappa shape index (κ3) is 4.87. The molecule has 0 heterocycles. The summed E-state index contributed by atoms with van der Waals surface area (Å²) < 4.78 is 0. The highest BCUT2D eigenvalue weighted by molar-refractivity contribution is 5.46. The molecule has 1 aliphatic carbocycles. The molecule has 0 spiro atoms. The molecule has 0 amide bonds. The zero-order valence-electron chi connectivity index (χ0n) is 12.1. The van der Waals surface area contributed by atoms with Crippen LogP contribution in [0.15, 0.2) is 24.3 Å². The van der Waals surface area contributed by atoms with Gasteiger partial charge in [0.2, 0.25) is 0 Å². The van der Waals surface area contributed by atoms with Crippen molar-refractivity contribution < 1.29 is 5.11 Å². The molecule has 0 bridgehead atoms. The quantitative estimate of drug-likeness (QED) is 0.785. The smallest absolute Gasteiger partial charge is 0.0434 e. The van der Waals surface area contributed by atoms with Crippen LogP contribution < -0.4 is 5.32 Å². The molecule has 106 valence electrons. The minimum Gasteiger partial charge on any atom is -0.396 e. The molecule has 2 N–H and O–H groups in total. The van der Waals surface area contributed by atoms with Crippen LogP contribution in [0.4, 0.5) is 5.69 Å². The third-order valence-electron chi connectivity index (χ3n) is 4.18. The molecule has 1 fully saturated rings. The van der Waals surface area contributed by atoms with Crippen molar-refractivity contribution in [1.29, 1.82) is 0 Å². The van der Waals surface area contributed by atoms with Crippen molar-refractivity contribution in [3.8, 4) is 0 Å². The van der Waals surface area contributed by atoms with Crippen LogP contribution >= 0.6 is 0 Å². The molecule has 2 heteroatoms. The summed E-state index contributed by atoms with van der Waals surface area (Å²) in [6, 6.07) is 9.31. The van der Waals surface area contributed by atoms with E-state index in [1.807, 2.05) is 0 Å². The minimum atomic E-state index is 0.276. The van der Waals surface area contributed by atoms with Crippen LogP contribution in [-0.4, -0.2) is 17.8 Å². The number of hydrogen-bond acceptors (Lipinski definition) is 2. The molecule has 2 unspecified atom stereocenters. The van der Waals surface area contributed by atoms with Crippen LogP contribution in [0.2, 0.25) is 0 Å². The van der Waals surface area contributed by atoms with Gasteiger partial charge in [0.15, 0.2) is 0 Å². The van der Waals surface area contributed by atoms with Gasteiger partial charge in [-0.15, -0.1) is 0 Å². The fourth-order valence-corrected chi connectivity index (χ4v) is 2.97. The number of aryl methyl sites for hydroxylation is 1. The molecule has 0 aliphatic heterocycles. The maximum Gasteiger partial charge on any atom is 0.0434 e. The normalized spacial score (nSPS) is 23.9. The molecule has 1 saturated carbocycles. The van der Waals surface area contributed by atoms with E-state index in [4.69, 9.17) is 5.11 Å². The molecule has 0 aromatic heterocycles. The minimum absolute atomic E-state index is 0.276. The number of nitrogens with one attached hydrogen (secondary N) is 1. The predicted molar refractivity (Wildman–Crippen MR) is 81.5 cm³/mol. The topological polar surface area (TPSA) is 32.3 Å². The summed E-state index contributed by atoms with van der Waals surface area (Å²) in [5, 5.41) is 12.6. The maximum atomic E-state index is 8.90.